The van der Waals surface area contributed by atoms with E-state index in [0.717, 1.165) is 18.8 Å². The van der Waals surface area contributed by atoms with Crippen molar-refractivity contribution < 1.29 is 4.74 Å². The number of methoxy groups -OCH3 is 1. The number of rotatable bonds is 4. The number of ether oxygens (including phenoxy) is 1. The van der Waals surface area contributed by atoms with Crippen LogP contribution >= 0.6 is 0 Å². The van der Waals surface area contributed by atoms with Gasteiger partial charge in [0.15, 0.2) is 0 Å². The van der Waals surface area contributed by atoms with Crippen LogP contribution in [0.25, 0.3) is 0 Å². The van der Waals surface area contributed by atoms with Crippen molar-refractivity contribution in [3.05, 3.63) is 23.8 Å². The van der Waals surface area contributed by atoms with Gasteiger partial charge in [0.1, 0.15) is 5.75 Å². The van der Waals surface area contributed by atoms with E-state index in [-0.39, 0.29) is 0 Å². The molecule has 1 N–H and O–H groups in total. The largest absolute Gasteiger partial charge is 0.495 e. The van der Waals surface area contributed by atoms with Crippen LogP contribution in [-0.4, -0.2) is 32.3 Å². The SMILES string of the molecule is CCNC1CCN(c2cc(C)ccc2OC)C(C)C1C. The number of benzene rings is 1. The number of anilines is 1. The van der Waals surface area contributed by atoms with Gasteiger partial charge in [-0.1, -0.05) is 19.9 Å². The van der Waals surface area contributed by atoms with Gasteiger partial charge in [-0.2, -0.15) is 0 Å². The molecule has 1 fully saturated rings. The maximum absolute atomic E-state index is 5.55. The summed E-state index contributed by atoms with van der Waals surface area (Å²) in [7, 11) is 1.76. The lowest BCUT2D eigenvalue weighted by Gasteiger charge is -2.44. The van der Waals surface area contributed by atoms with Gasteiger partial charge in [-0.15, -0.1) is 0 Å². The van der Waals surface area contributed by atoms with Gasteiger partial charge in [0.05, 0.1) is 12.8 Å². The van der Waals surface area contributed by atoms with Crippen LogP contribution in [0.2, 0.25) is 0 Å². The summed E-state index contributed by atoms with van der Waals surface area (Å²) < 4.78 is 5.55. The molecule has 112 valence electrons. The van der Waals surface area contributed by atoms with Crippen molar-refractivity contribution in [2.75, 3.05) is 25.1 Å². The Hall–Kier alpha value is -1.22. The molecular formula is C17H28N2O. The Morgan fingerprint density at radius 2 is 2.10 bits per heavy atom. The summed E-state index contributed by atoms with van der Waals surface area (Å²) >= 11 is 0. The van der Waals surface area contributed by atoms with Gasteiger partial charge in [-0.3, -0.25) is 0 Å². The van der Waals surface area contributed by atoms with Gasteiger partial charge in [-0.05, 0) is 50.4 Å². The molecule has 3 atom stereocenters. The van der Waals surface area contributed by atoms with E-state index in [4.69, 9.17) is 4.74 Å². The van der Waals surface area contributed by atoms with Gasteiger partial charge in [0, 0.05) is 18.6 Å². The highest BCUT2D eigenvalue weighted by atomic mass is 16.5. The van der Waals surface area contributed by atoms with E-state index in [1.54, 1.807) is 7.11 Å². The molecule has 1 aliphatic heterocycles. The number of hydrogen-bond donors (Lipinski definition) is 1. The van der Waals surface area contributed by atoms with Crippen LogP contribution in [0, 0.1) is 12.8 Å². The summed E-state index contributed by atoms with van der Waals surface area (Å²) in [6.07, 6.45) is 1.19. The van der Waals surface area contributed by atoms with E-state index in [2.05, 4.69) is 56.1 Å². The smallest absolute Gasteiger partial charge is 0.142 e. The summed E-state index contributed by atoms with van der Waals surface area (Å²) in [6, 6.07) is 7.58. The molecule has 0 aliphatic carbocycles. The highest BCUT2D eigenvalue weighted by molar-refractivity contribution is 5.61. The fraction of sp³-hybridized carbons (Fsp3) is 0.647. The molecular weight excluding hydrogens is 248 g/mol. The lowest BCUT2D eigenvalue weighted by molar-refractivity contribution is 0.272. The maximum atomic E-state index is 5.55. The Balaban J connectivity index is 2.24. The zero-order valence-electron chi connectivity index (χ0n) is 13.4. The van der Waals surface area contributed by atoms with Crippen LogP contribution < -0.4 is 15.0 Å². The number of aryl methyl sites for hydroxylation is 1. The second-order valence-corrected chi connectivity index (χ2v) is 5.92. The number of nitrogens with one attached hydrogen (secondary N) is 1. The van der Waals surface area contributed by atoms with Crippen molar-refractivity contribution in [2.24, 2.45) is 5.92 Å². The van der Waals surface area contributed by atoms with Crippen molar-refractivity contribution in [3.8, 4) is 5.75 Å². The Kier molecular flexibility index (Phi) is 4.92. The predicted molar refractivity (Wildman–Crippen MR) is 85.8 cm³/mol. The normalized spacial score (nSPS) is 26.6. The van der Waals surface area contributed by atoms with Crippen molar-refractivity contribution in [2.45, 2.75) is 46.2 Å². The average molecular weight is 276 g/mol. The van der Waals surface area contributed by atoms with Crippen molar-refractivity contribution in [3.63, 3.8) is 0 Å². The Labute approximate surface area is 123 Å². The second-order valence-electron chi connectivity index (χ2n) is 5.92. The quantitative estimate of drug-likeness (QED) is 0.914. The van der Waals surface area contributed by atoms with E-state index < -0.39 is 0 Å². The topological polar surface area (TPSA) is 24.5 Å². The van der Waals surface area contributed by atoms with Crippen molar-refractivity contribution in [1.82, 2.24) is 5.32 Å². The third-order valence-corrected chi connectivity index (χ3v) is 4.68. The standard InChI is InChI=1S/C17H28N2O/c1-6-18-15-9-10-19(14(4)13(15)3)16-11-12(2)7-8-17(16)20-5/h7-8,11,13-15,18H,6,9-10H2,1-5H3. The van der Waals surface area contributed by atoms with Crippen molar-refractivity contribution >= 4 is 5.69 Å². The summed E-state index contributed by atoms with van der Waals surface area (Å²) in [4.78, 5) is 2.50. The lowest BCUT2D eigenvalue weighted by atomic mass is 9.86. The van der Waals surface area contributed by atoms with Crippen LogP contribution in [0.3, 0.4) is 0 Å². The Morgan fingerprint density at radius 3 is 2.75 bits per heavy atom. The highest BCUT2D eigenvalue weighted by Crippen LogP contribution is 2.35. The van der Waals surface area contributed by atoms with Crippen LogP contribution in [0.1, 0.15) is 32.8 Å². The fourth-order valence-electron chi connectivity index (χ4n) is 3.28. The van der Waals surface area contributed by atoms with E-state index in [1.165, 1.54) is 17.7 Å². The molecule has 1 aromatic rings. The highest BCUT2D eigenvalue weighted by Gasteiger charge is 2.33. The first-order chi connectivity index (χ1) is 9.58. The molecule has 1 aromatic carbocycles. The van der Waals surface area contributed by atoms with E-state index >= 15 is 0 Å². The first-order valence-electron chi connectivity index (χ1n) is 7.73. The molecule has 0 radical (unpaired) electrons. The Morgan fingerprint density at radius 1 is 1.35 bits per heavy atom. The number of piperidine rings is 1. The average Bonchev–Trinajstić information content (AvgIpc) is 2.44. The number of hydrogen-bond acceptors (Lipinski definition) is 3. The summed E-state index contributed by atoms with van der Waals surface area (Å²) in [5, 5.41) is 3.62. The number of nitrogens with zero attached hydrogens (tertiary/aromatic N) is 1. The summed E-state index contributed by atoms with van der Waals surface area (Å²) in [5.41, 5.74) is 2.52. The molecule has 1 heterocycles. The molecule has 0 bridgehead atoms. The lowest BCUT2D eigenvalue weighted by Crippen LogP contribution is -2.53. The molecule has 2 rings (SSSR count). The molecule has 3 heteroatoms. The van der Waals surface area contributed by atoms with Gasteiger partial charge in [0.2, 0.25) is 0 Å². The first kappa shape index (κ1) is 15.2. The third kappa shape index (κ3) is 2.93. The molecule has 3 nitrogen and oxygen atoms in total. The second kappa shape index (κ2) is 6.49. The summed E-state index contributed by atoms with van der Waals surface area (Å²) in [6.45, 7) is 11.1. The molecule has 20 heavy (non-hydrogen) atoms. The third-order valence-electron chi connectivity index (χ3n) is 4.68. The zero-order valence-corrected chi connectivity index (χ0v) is 13.4. The van der Waals surface area contributed by atoms with Gasteiger partial charge in [-0.25, -0.2) is 0 Å². The minimum Gasteiger partial charge on any atom is -0.495 e. The van der Waals surface area contributed by atoms with Gasteiger partial charge in [0.25, 0.3) is 0 Å². The molecule has 1 aliphatic rings. The first-order valence-corrected chi connectivity index (χ1v) is 7.73. The molecule has 0 amide bonds. The van der Waals surface area contributed by atoms with Crippen molar-refractivity contribution in [1.29, 1.82) is 0 Å². The zero-order chi connectivity index (χ0) is 14.7. The van der Waals surface area contributed by atoms with Crippen LogP contribution in [0.15, 0.2) is 18.2 Å². The minimum atomic E-state index is 0.517. The van der Waals surface area contributed by atoms with Crippen LogP contribution in [0.5, 0.6) is 5.75 Å². The van der Waals surface area contributed by atoms with E-state index in [0.29, 0.717) is 18.0 Å². The monoisotopic (exact) mass is 276 g/mol. The van der Waals surface area contributed by atoms with Gasteiger partial charge >= 0.3 is 0 Å². The Bertz CT molecular complexity index is 447. The van der Waals surface area contributed by atoms with Gasteiger partial charge < -0.3 is 15.0 Å². The molecule has 0 aromatic heterocycles. The molecule has 3 unspecified atom stereocenters. The van der Waals surface area contributed by atoms with E-state index in [9.17, 15) is 0 Å². The van der Waals surface area contributed by atoms with Crippen LogP contribution in [0.4, 0.5) is 5.69 Å². The maximum Gasteiger partial charge on any atom is 0.142 e. The fourth-order valence-corrected chi connectivity index (χ4v) is 3.28. The van der Waals surface area contributed by atoms with E-state index in [1.807, 2.05) is 0 Å². The summed E-state index contributed by atoms with van der Waals surface area (Å²) in [5.74, 6) is 1.62. The molecule has 0 saturated carbocycles. The van der Waals surface area contributed by atoms with Crippen LogP contribution in [-0.2, 0) is 0 Å². The predicted octanol–water partition coefficient (Wildman–Crippen LogP) is 3.22. The minimum absolute atomic E-state index is 0.517. The molecule has 0 spiro atoms. The molecule has 1 saturated heterocycles.